The molecule has 2 fully saturated rings. The summed E-state index contributed by atoms with van der Waals surface area (Å²) in [7, 11) is 5.64. The standard InChI is InChI=1S/C32H44Cl2N4O2/c1-23-9-5-6-11-27(23)30(39)37(4)22-25(24-13-15-28(33)29(34)21-24)12-14-26-10-7-8-20-38(26)32(31(40)36(2)3)16-18-35-19-17-32/h5-6,9,11,13,15,21,25-26,35H,7-8,10,12,14,16-20,22H2,1-4H3. The Morgan fingerprint density at radius 1 is 1.05 bits per heavy atom. The summed E-state index contributed by atoms with van der Waals surface area (Å²) in [5.74, 6) is 0.336. The first kappa shape index (κ1) is 30.8. The molecule has 2 aliphatic heterocycles. The Labute approximate surface area is 250 Å². The number of nitrogens with one attached hydrogen (secondary N) is 1. The van der Waals surface area contributed by atoms with Gasteiger partial charge in [-0.15, -0.1) is 0 Å². The third kappa shape index (κ3) is 6.84. The first-order chi connectivity index (χ1) is 19.1. The van der Waals surface area contributed by atoms with Crippen LogP contribution in [-0.2, 0) is 4.79 Å². The van der Waals surface area contributed by atoms with Crippen LogP contribution in [0.25, 0.3) is 0 Å². The van der Waals surface area contributed by atoms with Gasteiger partial charge in [-0.1, -0.05) is 53.9 Å². The Morgan fingerprint density at radius 2 is 1.77 bits per heavy atom. The summed E-state index contributed by atoms with van der Waals surface area (Å²) in [4.78, 5) is 33.2. The van der Waals surface area contributed by atoms with E-state index in [1.54, 1.807) is 4.90 Å². The van der Waals surface area contributed by atoms with Gasteiger partial charge in [0, 0.05) is 45.2 Å². The molecule has 1 N–H and O–H groups in total. The number of halogens is 2. The second kappa shape index (κ2) is 13.7. The fourth-order valence-electron chi connectivity index (χ4n) is 6.70. The van der Waals surface area contributed by atoms with Crippen LogP contribution in [0.15, 0.2) is 42.5 Å². The highest BCUT2D eigenvalue weighted by Crippen LogP contribution is 2.38. The van der Waals surface area contributed by atoms with Crippen molar-refractivity contribution in [2.24, 2.45) is 0 Å². The third-order valence-electron chi connectivity index (χ3n) is 8.89. The van der Waals surface area contributed by atoms with Crippen LogP contribution < -0.4 is 5.32 Å². The first-order valence-electron chi connectivity index (χ1n) is 14.6. The molecule has 0 spiro atoms. The molecule has 0 bridgehead atoms. The van der Waals surface area contributed by atoms with Crippen LogP contribution >= 0.6 is 23.2 Å². The Balaban J connectivity index is 1.57. The fourth-order valence-corrected chi connectivity index (χ4v) is 7.01. The maximum Gasteiger partial charge on any atom is 0.253 e. The molecule has 4 rings (SSSR count). The van der Waals surface area contributed by atoms with Crippen molar-refractivity contribution in [3.8, 4) is 0 Å². The Morgan fingerprint density at radius 3 is 2.45 bits per heavy atom. The van der Waals surface area contributed by atoms with Crippen molar-refractivity contribution in [2.75, 3.05) is 47.3 Å². The van der Waals surface area contributed by atoms with Gasteiger partial charge in [0.25, 0.3) is 5.91 Å². The molecular weight excluding hydrogens is 543 g/mol. The normalized spacial score (nSPS) is 20.1. The number of hydrogen-bond donors (Lipinski definition) is 1. The molecule has 2 aliphatic rings. The van der Waals surface area contributed by atoms with Crippen LogP contribution in [0.1, 0.15) is 72.3 Å². The van der Waals surface area contributed by atoms with Crippen LogP contribution in [0.3, 0.4) is 0 Å². The second-order valence-electron chi connectivity index (χ2n) is 11.8. The van der Waals surface area contributed by atoms with E-state index < -0.39 is 5.54 Å². The lowest BCUT2D eigenvalue weighted by Gasteiger charge is -2.51. The van der Waals surface area contributed by atoms with Crippen molar-refractivity contribution in [1.29, 1.82) is 0 Å². The predicted molar refractivity (Wildman–Crippen MR) is 164 cm³/mol. The number of carbonyl (C=O) groups is 2. The molecule has 2 aromatic carbocycles. The molecule has 2 unspecified atom stereocenters. The summed E-state index contributed by atoms with van der Waals surface area (Å²) in [6, 6.07) is 13.9. The zero-order valence-corrected chi connectivity index (χ0v) is 25.9. The smallest absolute Gasteiger partial charge is 0.253 e. The summed E-state index contributed by atoms with van der Waals surface area (Å²) in [6.45, 7) is 5.22. The van der Waals surface area contributed by atoms with Crippen LogP contribution in [0.4, 0.5) is 0 Å². The Kier molecular flexibility index (Phi) is 10.6. The molecule has 6 nitrogen and oxygen atoms in total. The maximum atomic E-state index is 13.7. The molecule has 40 heavy (non-hydrogen) atoms. The minimum atomic E-state index is -0.448. The number of piperidine rings is 2. The molecule has 2 heterocycles. The molecule has 8 heteroatoms. The van der Waals surface area contributed by atoms with Gasteiger partial charge in [-0.2, -0.15) is 0 Å². The van der Waals surface area contributed by atoms with Crippen molar-refractivity contribution in [2.45, 2.75) is 69.4 Å². The number of likely N-dealkylation sites (tertiary alicyclic amines) is 1. The Bertz CT molecular complexity index is 1180. The molecule has 2 saturated heterocycles. The van der Waals surface area contributed by atoms with E-state index >= 15 is 0 Å². The van der Waals surface area contributed by atoms with Crippen LogP contribution in [0.2, 0.25) is 10.0 Å². The molecular formula is C32H44Cl2N4O2. The molecule has 2 amide bonds. The number of nitrogens with zero attached hydrogens (tertiary/aromatic N) is 3. The van der Waals surface area contributed by atoms with Gasteiger partial charge in [-0.05, 0) is 94.4 Å². The van der Waals surface area contributed by atoms with E-state index in [2.05, 4.69) is 10.2 Å². The highest BCUT2D eigenvalue weighted by atomic mass is 35.5. The molecule has 2 aromatic rings. The SMILES string of the molecule is Cc1ccccc1C(=O)N(C)CC(CCC1CCCCN1C1(C(=O)N(C)C)CCNCC1)c1ccc(Cl)c(Cl)c1. The molecule has 0 aliphatic carbocycles. The van der Waals surface area contributed by atoms with Gasteiger partial charge in [-0.3, -0.25) is 14.5 Å². The molecule has 0 radical (unpaired) electrons. The van der Waals surface area contributed by atoms with E-state index in [4.69, 9.17) is 23.2 Å². The lowest BCUT2D eigenvalue weighted by Crippen LogP contribution is -2.66. The molecule has 0 aromatic heterocycles. The van der Waals surface area contributed by atoms with Crippen molar-refractivity contribution in [1.82, 2.24) is 20.0 Å². The van der Waals surface area contributed by atoms with E-state index in [1.165, 1.54) is 6.42 Å². The van der Waals surface area contributed by atoms with Crippen molar-refractivity contribution >= 4 is 35.0 Å². The van der Waals surface area contributed by atoms with Gasteiger partial charge in [0.05, 0.1) is 10.0 Å². The predicted octanol–water partition coefficient (Wildman–Crippen LogP) is 6.00. The van der Waals surface area contributed by atoms with Gasteiger partial charge >= 0.3 is 0 Å². The average Bonchev–Trinajstić information content (AvgIpc) is 2.96. The highest BCUT2D eigenvalue weighted by molar-refractivity contribution is 6.42. The zero-order chi connectivity index (χ0) is 28.9. The lowest BCUT2D eigenvalue weighted by atomic mass is 9.80. The van der Waals surface area contributed by atoms with E-state index in [9.17, 15) is 9.59 Å². The van der Waals surface area contributed by atoms with Crippen LogP contribution in [0.5, 0.6) is 0 Å². The van der Waals surface area contributed by atoms with Crippen LogP contribution in [0, 0.1) is 6.92 Å². The monoisotopic (exact) mass is 586 g/mol. The molecule has 0 saturated carbocycles. The number of hydrogen-bond acceptors (Lipinski definition) is 4. The van der Waals surface area contributed by atoms with Gasteiger partial charge in [0.2, 0.25) is 5.91 Å². The molecule has 2 atom stereocenters. The number of benzene rings is 2. The minimum absolute atomic E-state index is 0.0210. The summed E-state index contributed by atoms with van der Waals surface area (Å²) < 4.78 is 0. The second-order valence-corrected chi connectivity index (χ2v) is 12.6. The average molecular weight is 588 g/mol. The first-order valence-corrected chi connectivity index (χ1v) is 15.3. The van der Waals surface area contributed by atoms with Crippen molar-refractivity contribution < 1.29 is 9.59 Å². The number of rotatable bonds is 9. The topological polar surface area (TPSA) is 55.9 Å². The van der Waals surface area contributed by atoms with Crippen molar-refractivity contribution in [3.05, 3.63) is 69.2 Å². The summed E-state index contributed by atoms with van der Waals surface area (Å²) in [6.07, 6.45) is 6.89. The quantitative estimate of drug-likeness (QED) is 0.391. The van der Waals surface area contributed by atoms with E-state index in [0.29, 0.717) is 22.6 Å². The number of likely N-dealkylation sites (N-methyl/N-ethyl adjacent to an activating group) is 2. The zero-order valence-electron chi connectivity index (χ0n) is 24.4. The van der Waals surface area contributed by atoms with Gasteiger partial charge in [0.15, 0.2) is 0 Å². The largest absolute Gasteiger partial charge is 0.347 e. The lowest BCUT2D eigenvalue weighted by molar-refractivity contribution is -0.148. The highest BCUT2D eigenvalue weighted by Gasteiger charge is 2.48. The number of aryl methyl sites for hydroxylation is 1. The number of amides is 2. The maximum absolute atomic E-state index is 13.7. The van der Waals surface area contributed by atoms with Crippen LogP contribution in [-0.4, -0.2) is 85.4 Å². The summed E-state index contributed by atoms with van der Waals surface area (Å²) in [5, 5.41) is 4.52. The Hall–Kier alpha value is -2.12. The van der Waals surface area contributed by atoms with Gasteiger partial charge < -0.3 is 15.1 Å². The van der Waals surface area contributed by atoms with E-state index in [-0.39, 0.29) is 17.7 Å². The number of carbonyl (C=O) groups excluding carboxylic acids is 2. The van der Waals surface area contributed by atoms with Crippen molar-refractivity contribution in [3.63, 3.8) is 0 Å². The minimum Gasteiger partial charge on any atom is -0.347 e. The van der Waals surface area contributed by atoms with Gasteiger partial charge in [0.1, 0.15) is 5.54 Å². The molecule has 218 valence electrons. The van der Waals surface area contributed by atoms with E-state index in [0.717, 1.165) is 74.8 Å². The third-order valence-corrected chi connectivity index (χ3v) is 9.63. The summed E-state index contributed by atoms with van der Waals surface area (Å²) in [5.41, 5.74) is 2.34. The fraction of sp³-hybridized carbons (Fsp3) is 0.562. The summed E-state index contributed by atoms with van der Waals surface area (Å²) >= 11 is 12.7. The van der Waals surface area contributed by atoms with Gasteiger partial charge in [-0.25, -0.2) is 0 Å². The van der Waals surface area contributed by atoms with E-state index in [1.807, 2.05) is 75.4 Å².